The summed E-state index contributed by atoms with van der Waals surface area (Å²) < 4.78 is 7.68. The van der Waals surface area contributed by atoms with Crippen molar-refractivity contribution in [1.82, 2.24) is 4.57 Å². The Labute approximate surface area is 128 Å². The van der Waals surface area contributed by atoms with E-state index >= 15 is 0 Å². The molecule has 0 N–H and O–H groups in total. The largest absolute Gasteiger partial charge is 0.433 e. The van der Waals surface area contributed by atoms with Crippen LogP contribution in [0.15, 0.2) is 39.7 Å². The highest BCUT2D eigenvalue weighted by atomic mass is 32.1. The monoisotopic (exact) mass is 317 g/mol. The Bertz CT molecular complexity index is 964. The number of rotatable bonds is 2. The molecule has 0 saturated carbocycles. The number of carbonyl (C=O) groups excluding carboxylic acids is 1. The van der Waals surface area contributed by atoms with E-state index in [9.17, 15) is 14.9 Å². The predicted molar refractivity (Wildman–Crippen MR) is 80.8 cm³/mol. The van der Waals surface area contributed by atoms with E-state index in [1.807, 2.05) is 32.2 Å². The molecule has 0 unspecified atom stereocenters. The van der Waals surface area contributed by atoms with Gasteiger partial charge in [-0.1, -0.05) is 17.4 Å². The number of benzene rings is 1. The summed E-state index contributed by atoms with van der Waals surface area (Å²) in [4.78, 5) is 26.4. The standard InChI is InChI=1S/C14H11N3O4S/c1-8-3-4-9-11(7-8)22-14(16(9)2)15-13(18)10-5-6-12(21-10)17(19)20/h3-7H,1-2H3. The molecule has 22 heavy (non-hydrogen) atoms. The fourth-order valence-corrected chi connectivity index (χ4v) is 3.15. The maximum atomic E-state index is 12.1. The van der Waals surface area contributed by atoms with Gasteiger partial charge in [0.1, 0.15) is 4.92 Å². The maximum Gasteiger partial charge on any atom is 0.433 e. The van der Waals surface area contributed by atoms with Crippen molar-refractivity contribution in [3.8, 4) is 0 Å². The van der Waals surface area contributed by atoms with E-state index < -0.39 is 16.7 Å². The summed E-state index contributed by atoms with van der Waals surface area (Å²) >= 11 is 1.37. The lowest BCUT2D eigenvalue weighted by Crippen LogP contribution is -2.12. The molecule has 0 atom stereocenters. The van der Waals surface area contributed by atoms with Crippen molar-refractivity contribution < 1.29 is 14.1 Å². The molecule has 0 aliphatic carbocycles. The number of fused-ring (bicyclic) bond motifs is 1. The van der Waals surface area contributed by atoms with Gasteiger partial charge in [-0.15, -0.1) is 0 Å². The van der Waals surface area contributed by atoms with Crippen LogP contribution in [0.2, 0.25) is 0 Å². The lowest BCUT2D eigenvalue weighted by molar-refractivity contribution is -0.402. The second-order valence-corrected chi connectivity index (χ2v) is 5.74. The molecule has 7 nitrogen and oxygen atoms in total. The van der Waals surface area contributed by atoms with Gasteiger partial charge in [0.25, 0.3) is 0 Å². The minimum Gasteiger partial charge on any atom is -0.395 e. The molecule has 2 heterocycles. The van der Waals surface area contributed by atoms with E-state index in [1.165, 1.54) is 17.4 Å². The SMILES string of the molecule is Cc1ccc2c(c1)sc(=NC(=O)c1ccc([N+](=O)[O-])o1)n2C. The van der Waals surface area contributed by atoms with Gasteiger partial charge in [-0.2, -0.15) is 4.99 Å². The minimum absolute atomic E-state index is 0.152. The fourth-order valence-electron chi connectivity index (χ4n) is 2.03. The number of carbonyl (C=O) groups is 1. The molecule has 112 valence electrons. The smallest absolute Gasteiger partial charge is 0.395 e. The first kappa shape index (κ1) is 14.2. The molecule has 0 saturated heterocycles. The molecule has 0 aliphatic rings. The minimum atomic E-state index is -0.695. The van der Waals surface area contributed by atoms with Crippen LogP contribution in [-0.2, 0) is 7.05 Å². The van der Waals surface area contributed by atoms with Crippen molar-refractivity contribution >= 4 is 33.3 Å². The highest BCUT2D eigenvalue weighted by Gasteiger charge is 2.17. The Balaban J connectivity index is 2.05. The molecular weight excluding hydrogens is 306 g/mol. The van der Waals surface area contributed by atoms with Crippen LogP contribution >= 0.6 is 11.3 Å². The van der Waals surface area contributed by atoms with Gasteiger partial charge in [-0.05, 0) is 30.7 Å². The molecule has 0 spiro atoms. The number of nitrogens with zero attached hydrogens (tertiary/aromatic N) is 3. The van der Waals surface area contributed by atoms with E-state index in [-0.39, 0.29) is 5.76 Å². The Morgan fingerprint density at radius 3 is 2.82 bits per heavy atom. The van der Waals surface area contributed by atoms with Crippen LogP contribution in [0.1, 0.15) is 16.1 Å². The van der Waals surface area contributed by atoms with E-state index in [1.54, 1.807) is 4.57 Å². The third-order valence-electron chi connectivity index (χ3n) is 3.14. The van der Waals surface area contributed by atoms with Gasteiger partial charge in [-0.25, -0.2) is 0 Å². The number of nitro groups is 1. The summed E-state index contributed by atoms with van der Waals surface area (Å²) in [6.07, 6.45) is 0. The zero-order valence-corrected chi connectivity index (χ0v) is 12.6. The molecule has 2 aromatic heterocycles. The van der Waals surface area contributed by atoms with Crippen molar-refractivity contribution in [3.63, 3.8) is 0 Å². The molecule has 3 rings (SSSR count). The zero-order valence-electron chi connectivity index (χ0n) is 11.8. The molecule has 0 aliphatic heterocycles. The number of aryl methyl sites for hydroxylation is 2. The van der Waals surface area contributed by atoms with Gasteiger partial charge in [0.05, 0.1) is 16.3 Å². The molecule has 8 heteroatoms. The third kappa shape index (κ3) is 2.44. The predicted octanol–water partition coefficient (Wildman–Crippen LogP) is 2.79. The maximum absolute atomic E-state index is 12.1. The topological polar surface area (TPSA) is 90.6 Å². The first-order valence-electron chi connectivity index (χ1n) is 6.35. The lowest BCUT2D eigenvalue weighted by atomic mass is 10.2. The molecule has 0 fully saturated rings. The van der Waals surface area contributed by atoms with Crippen LogP contribution in [0.25, 0.3) is 10.2 Å². The van der Waals surface area contributed by atoms with Crippen molar-refractivity contribution in [2.45, 2.75) is 6.92 Å². The molecular formula is C14H11N3O4S. The fraction of sp³-hybridized carbons (Fsp3) is 0.143. The average Bonchev–Trinajstić information content (AvgIpc) is 3.05. The number of thiazole rings is 1. The molecule has 1 amide bonds. The van der Waals surface area contributed by atoms with Crippen LogP contribution in [0.5, 0.6) is 0 Å². The van der Waals surface area contributed by atoms with Crippen molar-refractivity contribution in [1.29, 1.82) is 0 Å². The van der Waals surface area contributed by atoms with Crippen LogP contribution in [0.3, 0.4) is 0 Å². The quantitative estimate of drug-likeness (QED) is 0.537. The highest BCUT2D eigenvalue weighted by molar-refractivity contribution is 7.16. The van der Waals surface area contributed by atoms with Gasteiger partial charge in [-0.3, -0.25) is 14.9 Å². The summed E-state index contributed by atoms with van der Waals surface area (Å²) in [5.41, 5.74) is 2.08. The Kier molecular flexibility index (Phi) is 3.38. The van der Waals surface area contributed by atoms with E-state index in [0.717, 1.165) is 21.8 Å². The van der Waals surface area contributed by atoms with Crippen LogP contribution in [0.4, 0.5) is 5.88 Å². The number of amides is 1. The zero-order chi connectivity index (χ0) is 15.9. The molecule has 1 aromatic carbocycles. The lowest BCUT2D eigenvalue weighted by Gasteiger charge is -1.95. The van der Waals surface area contributed by atoms with Gasteiger partial charge >= 0.3 is 11.8 Å². The van der Waals surface area contributed by atoms with Crippen LogP contribution in [-0.4, -0.2) is 15.4 Å². The number of hydrogen-bond acceptors (Lipinski definition) is 5. The van der Waals surface area contributed by atoms with E-state index in [0.29, 0.717) is 4.80 Å². The summed E-state index contributed by atoms with van der Waals surface area (Å²) in [6, 6.07) is 8.35. The number of furan rings is 1. The molecule has 3 aromatic rings. The second-order valence-electron chi connectivity index (χ2n) is 4.73. The average molecular weight is 317 g/mol. The van der Waals surface area contributed by atoms with Crippen molar-refractivity contribution in [3.05, 3.63) is 56.6 Å². The van der Waals surface area contributed by atoms with Gasteiger partial charge in [0, 0.05) is 7.05 Å². The van der Waals surface area contributed by atoms with Crippen LogP contribution in [0, 0.1) is 17.0 Å². The summed E-state index contributed by atoms with van der Waals surface area (Å²) in [7, 11) is 1.81. The van der Waals surface area contributed by atoms with E-state index in [2.05, 4.69) is 4.99 Å². The first-order chi connectivity index (χ1) is 10.5. The highest BCUT2D eigenvalue weighted by Crippen LogP contribution is 2.19. The first-order valence-corrected chi connectivity index (χ1v) is 7.17. The summed E-state index contributed by atoms with van der Waals surface area (Å²) in [5, 5.41) is 10.6. The van der Waals surface area contributed by atoms with Gasteiger partial charge in [0.15, 0.2) is 4.80 Å². The number of hydrogen-bond donors (Lipinski definition) is 0. The normalized spacial score (nSPS) is 12.0. The summed E-state index contributed by atoms with van der Waals surface area (Å²) in [6.45, 7) is 1.99. The summed E-state index contributed by atoms with van der Waals surface area (Å²) in [5.74, 6) is -1.28. The van der Waals surface area contributed by atoms with Crippen molar-refractivity contribution in [2.75, 3.05) is 0 Å². The Morgan fingerprint density at radius 2 is 2.14 bits per heavy atom. The van der Waals surface area contributed by atoms with Gasteiger partial charge < -0.3 is 8.98 Å². The molecule has 0 bridgehead atoms. The number of aromatic nitrogens is 1. The second kappa shape index (κ2) is 5.23. The Morgan fingerprint density at radius 1 is 1.36 bits per heavy atom. The van der Waals surface area contributed by atoms with Crippen LogP contribution < -0.4 is 4.80 Å². The Hall–Kier alpha value is -2.74. The molecule has 0 radical (unpaired) electrons. The third-order valence-corrected chi connectivity index (χ3v) is 4.24. The van der Waals surface area contributed by atoms with E-state index in [4.69, 9.17) is 4.42 Å². The van der Waals surface area contributed by atoms with Gasteiger partial charge in [0.2, 0.25) is 5.76 Å². The van der Waals surface area contributed by atoms with Crippen molar-refractivity contribution in [2.24, 2.45) is 12.0 Å².